The molecule has 0 saturated carbocycles. The molecular formula is C14H17N3O3. The lowest BCUT2D eigenvalue weighted by molar-refractivity contribution is -0.126. The van der Waals surface area contributed by atoms with Crippen LogP contribution in [0.15, 0.2) is 23.0 Å². The number of fused-ring (bicyclic) bond motifs is 1. The minimum absolute atomic E-state index is 0.0153. The monoisotopic (exact) mass is 275 g/mol. The van der Waals surface area contributed by atoms with E-state index < -0.39 is 0 Å². The van der Waals surface area contributed by atoms with Crippen molar-refractivity contribution in [1.29, 1.82) is 0 Å². The smallest absolute Gasteiger partial charge is 0.323 e. The van der Waals surface area contributed by atoms with Gasteiger partial charge in [-0.05, 0) is 31.0 Å². The molecule has 3 rings (SSSR count). The summed E-state index contributed by atoms with van der Waals surface area (Å²) in [5, 5.41) is 2.92. The van der Waals surface area contributed by atoms with E-state index in [2.05, 4.69) is 15.3 Å². The second-order valence-electron chi connectivity index (χ2n) is 5.15. The van der Waals surface area contributed by atoms with Crippen LogP contribution in [0.25, 0.3) is 11.0 Å². The Hall–Kier alpha value is -2.08. The van der Waals surface area contributed by atoms with Gasteiger partial charge in [0.1, 0.15) is 0 Å². The number of carbonyl (C=O) groups excluding carboxylic acids is 1. The molecule has 2 heterocycles. The lowest BCUT2D eigenvalue weighted by Gasteiger charge is -2.14. The van der Waals surface area contributed by atoms with Crippen LogP contribution in [0.1, 0.15) is 18.9 Å². The fraction of sp³-hybridized carbons (Fsp3) is 0.429. The molecule has 6 heteroatoms. The molecule has 1 saturated heterocycles. The number of H-pyrrole nitrogens is 2. The van der Waals surface area contributed by atoms with Gasteiger partial charge in [0, 0.05) is 13.2 Å². The first kappa shape index (κ1) is 12.9. The zero-order valence-corrected chi connectivity index (χ0v) is 11.2. The summed E-state index contributed by atoms with van der Waals surface area (Å²) < 4.78 is 5.39. The van der Waals surface area contributed by atoms with E-state index in [0.717, 1.165) is 23.0 Å². The third-order valence-corrected chi connectivity index (χ3v) is 3.76. The van der Waals surface area contributed by atoms with E-state index in [0.29, 0.717) is 13.2 Å². The number of aromatic amines is 2. The average Bonchev–Trinajstić information content (AvgIpc) is 3.00. The molecule has 0 aliphatic carbocycles. The van der Waals surface area contributed by atoms with Gasteiger partial charge in [-0.3, -0.25) is 4.79 Å². The van der Waals surface area contributed by atoms with E-state index in [4.69, 9.17) is 4.74 Å². The summed E-state index contributed by atoms with van der Waals surface area (Å²) in [5.74, 6) is -0.0385. The molecule has 2 atom stereocenters. The Morgan fingerprint density at radius 3 is 2.95 bits per heavy atom. The van der Waals surface area contributed by atoms with Gasteiger partial charge in [0.25, 0.3) is 0 Å². The Morgan fingerprint density at radius 2 is 2.20 bits per heavy atom. The van der Waals surface area contributed by atoms with Crippen molar-refractivity contribution in [3.05, 3.63) is 34.2 Å². The van der Waals surface area contributed by atoms with Gasteiger partial charge in [0.05, 0.1) is 23.1 Å². The molecule has 6 nitrogen and oxygen atoms in total. The lowest BCUT2D eigenvalue weighted by Crippen LogP contribution is -2.33. The highest BCUT2D eigenvalue weighted by atomic mass is 16.5. The summed E-state index contributed by atoms with van der Waals surface area (Å²) in [4.78, 5) is 28.6. The lowest BCUT2D eigenvalue weighted by atomic mass is 10.0. The number of amides is 1. The van der Waals surface area contributed by atoms with Crippen molar-refractivity contribution in [2.24, 2.45) is 5.92 Å². The molecule has 1 aromatic carbocycles. The van der Waals surface area contributed by atoms with Gasteiger partial charge in [-0.15, -0.1) is 0 Å². The Bertz CT molecular complexity index is 688. The maximum absolute atomic E-state index is 12.0. The van der Waals surface area contributed by atoms with Crippen molar-refractivity contribution >= 4 is 16.9 Å². The number of imidazole rings is 1. The number of hydrogen-bond acceptors (Lipinski definition) is 3. The third kappa shape index (κ3) is 2.46. The van der Waals surface area contributed by atoms with Gasteiger partial charge in [-0.1, -0.05) is 6.07 Å². The second kappa shape index (κ2) is 5.13. The van der Waals surface area contributed by atoms with Crippen LogP contribution in [-0.4, -0.2) is 28.6 Å². The van der Waals surface area contributed by atoms with E-state index in [1.807, 2.05) is 25.1 Å². The molecule has 1 aliphatic heterocycles. The number of benzene rings is 1. The predicted molar refractivity (Wildman–Crippen MR) is 74.3 cm³/mol. The van der Waals surface area contributed by atoms with Gasteiger partial charge >= 0.3 is 5.69 Å². The zero-order valence-electron chi connectivity index (χ0n) is 11.2. The predicted octanol–water partition coefficient (Wildman–Crippen LogP) is 0.897. The van der Waals surface area contributed by atoms with Crippen LogP contribution in [0.5, 0.6) is 0 Å². The Balaban J connectivity index is 1.67. The fourth-order valence-electron chi connectivity index (χ4n) is 2.59. The average molecular weight is 275 g/mol. The number of nitrogens with one attached hydrogen (secondary N) is 3. The number of hydrogen-bond donors (Lipinski definition) is 3. The van der Waals surface area contributed by atoms with Crippen LogP contribution in [-0.2, 0) is 16.1 Å². The fourth-order valence-corrected chi connectivity index (χ4v) is 2.59. The molecule has 0 spiro atoms. The van der Waals surface area contributed by atoms with Crippen molar-refractivity contribution in [2.75, 3.05) is 6.61 Å². The summed E-state index contributed by atoms with van der Waals surface area (Å²) in [7, 11) is 0. The van der Waals surface area contributed by atoms with E-state index >= 15 is 0 Å². The van der Waals surface area contributed by atoms with Crippen molar-refractivity contribution < 1.29 is 9.53 Å². The van der Waals surface area contributed by atoms with Gasteiger partial charge in [0.15, 0.2) is 0 Å². The maximum Gasteiger partial charge on any atom is 0.323 e. The molecule has 1 fully saturated rings. The quantitative estimate of drug-likeness (QED) is 0.777. The van der Waals surface area contributed by atoms with Gasteiger partial charge in [-0.25, -0.2) is 4.79 Å². The van der Waals surface area contributed by atoms with Crippen molar-refractivity contribution in [3.8, 4) is 0 Å². The number of carbonyl (C=O) groups is 1. The van der Waals surface area contributed by atoms with E-state index in [1.165, 1.54) is 0 Å². The van der Waals surface area contributed by atoms with Gasteiger partial charge < -0.3 is 20.0 Å². The first-order valence-electron chi connectivity index (χ1n) is 6.74. The Morgan fingerprint density at radius 1 is 1.40 bits per heavy atom. The van der Waals surface area contributed by atoms with E-state index in [9.17, 15) is 9.59 Å². The van der Waals surface area contributed by atoms with Crippen LogP contribution in [0.3, 0.4) is 0 Å². The summed E-state index contributed by atoms with van der Waals surface area (Å²) in [6.45, 7) is 3.02. The first-order chi connectivity index (χ1) is 9.63. The number of ether oxygens (including phenoxy) is 1. The Labute approximate surface area is 115 Å². The summed E-state index contributed by atoms with van der Waals surface area (Å²) in [5.41, 5.74) is 2.24. The molecule has 0 radical (unpaired) electrons. The van der Waals surface area contributed by atoms with Crippen LogP contribution in [0.4, 0.5) is 0 Å². The number of rotatable bonds is 3. The molecule has 20 heavy (non-hydrogen) atoms. The third-order valence-electron chi connectivity index (χ3n) is 3.76. The molecule has 1 aromatic heterocycles. The van der Waals surface area contributed by atoms with E-state index in [1.54, 1.807) is 0 Å². The van der Waals surface area contributed by atoms with Crippen LogP contribution >= 0.6 is 0 Å². The molecule has 2 aromatic rings. The minimum Gasteiger partial charge on any atom is -0.378 e. The summed E-state index contributed by atoms with van der Waals surface area (Å²) >= 11 is 0. The molecule has 106 valence electrons. The van der Waals surface area contributed by atoms with E-state index in [-0.39, 0.29) is 23.6 Å². The molecule has 1 aliphatic rings. The normalized spacial score (nSPS) is 22.2. The highest BCUT2D eigenvalue weighted by molar-refractivity contribution is 5.80. The summed E-state index contributed by atoms with van der Waals surface area (Å²) in [6.07, 6.45) is 0.760. The van der Waals surface area contributed by atoms with Crippen molar-refractivity contribution in [2.45, 2.75) is 26.0 Å². The van der Waals surface area contributed by atoms with Crippen LogP contribution < -0.4 is 11.0 Å². The molecule has 0 bridgehead atoms. The highest BCUT2D eigenvalue weighted by Crippen LogP contribution is 2.20. The van der Waals surface area contributed by atoms with Crippen LogP contribution in [0, 0.1) is 5.92 Å². The highest BCUT2D eigenvalue weighted by Gasteiger charge is 2.30. The SMILES string of the molecule is CC1OCCC1C(=O)NCc1ccc2[nH]c(=O)[nH]c2c1. The minimum atomic E-state index is -0.224. The molecule has 2 unspecified atom stereocenters. The van der Waals surface area contributed by atoms with Gasteiger partial charge in [0.2, 0.25) is 5.91 Å². The maximum atomic E-state index is 12.0. The first-order valence-corrected chi connectivity index (χ1v) is 6.74. The largest absolute Gasteiger partial charge is 0.378 e. The van der Waals surface area contributed by atoms with Gasteiger partial charge in [-0.2, -0.15) is 0 Å². The molecule has 1 amide bonds. The zero-order chi connectivity index (χ0) is 14.1. The summed E-state index contributed by atoms with van der Waals surface area (Å²) in [6, 6.07) is 5.58. The van der Waals surface area contributed by atoms with Crippen LogP contribution in [0.2, 0.25) is 0 Å². The number of aromatic nitrogens is 2. The van der Waals surface area contributed by atoms with Crippen molar-refractivity contribution in [3.63, 3.8) is 0 Å². The molecular weight excluding hydrogens is 258 g/mol. The van der Waals surface area contributed by atoms with Crippen molar-refractivity contribution in [1.82, 2.24) is 15.3 Å². The Kier molecular flexibility index (Phi) is 3.31. The standard InChI is InChI=1S/C14H17N3O3/c1-8-10(4-5-20-8)13(18)15-7-9-2-3-11-12(6-9)17-14(19)16-11/h2-3,6,8,10H,4-5,7H2,1H3,(H,15,18)(H2,16,17,19). The molecule has 3 N–H and O–H groups in total. The second-order valence-corrected chi connectivity index (χ2v) is 5.15. The topological polar surface area (TPSA) is 87.0 Å².